The van der Waals surface area contributed by atoms with Crippen molar-refractivity contribution in [2.45, 2.75) is 51.6 Å². The van der Waals surface area contributed by atoms with Gasteiger partial charge in [0.2, 0.25) is 0 Å². The number of hydrogen-bond acceptors (Lipinski definition) is 4. The third-order valence-corrected chi connectivity index (χ3v) is 8.27. The third kappa shape index (κ3) is 6.97. The largest absolute Gasteiger partial charge is 0.337 e. The fourth-order valence-corrected chi connectivity index (χ4v) is 6.12. The number of aryl methyl sites for hydroxylation is 1. The quantitative estimate of drug-likeness (QED) is 0.219. The molecule has 5 heteroatoms. The Morgan fingerprint density at radius 2 is 1.50 bits per heavy atom. The van der Waals surface area contributed by atoms with Crippen molar-refractivity contribution in [1.29, 1.82) is 0 Å². The van der Waals surface area contributed by atoms with Gasteiger partial charge in [-0.15, -0.1) is 11.3 Å². The van der Waals surface area contributed by atoms with E-state index in [1.165, 1.54) is 28.7 Å². The number of carbonyl (C=O) groups excluding carboxylic acids is 1. The maximum atomic E-state index is 13.0. The molecular formula is C33H37N3OS. The van der Waals surface area contributed by atoms with Gasteiger partial charge in [-0.25, -0.2) is 4.98 Å². The van der Waals surface area contributed by atoms with Gasteiger partial charge in [-0.05, 0) is 55.8 Å². The predicted octanol–water partition coefficient (Wildman–Crippen LogP) is 7.30. The van der Waals surface area contributed by atoms with E-state index in [1.807, 2.05) is 10.3 Å². The monoisotopic (exact) mass is 523 g/mol. The molecule has 0 radical (unpaired) electrons. The van der Waals surface area contributed by atoms with E-state index in [9.17, 15) is 4.79 Å². The first-order chi connectivity index (χ1) is 18.7. The minimum atomic E-state index is 0.0884. The number of rotatable bonds is 10. The van der Waals surface area contributed by atoms with Crippen molar-refractivity contribution >= 4 is 17.2 Å². The Morgan fingerprint density at radius 3 is 2.13 bits per heavy atom. The van der Waals surface area contributed by atoms with Crippen molar-refractivity contribution in [3.8, 4) is 0 Å². The van der Waals surface area contributed by atoms with Crippen LogP contribution in [0.3, 0.4) is 0 Å². The average Bonchev–Trinajstić information content (AvgIpc) is 3.44. The summed E-state index contributed by atoms with van der Waals surface area (Å²) in [6, 6.07) is 30.5. The second kappa shape index (κ2) is 13.0. The summed E-state index contributed by atoms with van der Waals surface area (Å²) >= 11 is 1.61. The smallest absolute Gasteiger partial charge is 0.273 e. The summed E-state index contributed by atoms with van der Waals surface area (Å²) in [7, 11) is 0. The average molecular weight is 524 g/mol. The van der Waals surface area contributed by atoms with Gasteiger partial charge in [-0.2, -0.15) is 0 Å². The molecule has 0 aliphatic carbocycles. The molecule has 1 saturated heterocycles. The lowest BCUT2D eigenvalue weighted by atomic mass is 9.88. The van der Waals surface area contributed by atoms with Crippen LogP contribution in [0.1, 0.15) is 69.4 Å². The molecule has 196 valence electrons. The summed E-state index contributed by atoms with van der Waals surface area (Å²) in [6.07, 6.45) is 4.41. The highest BCUT2D eigenvalue weighted by molar-refractivity contribution is 7.09. The van der Waals surface area contributed by atoms with Crippen LogP contribution >= 0.6 is 11.3 Å². The molecule has 4 aromatic rings. The van der Waals surface area contributed by atoms with E-state index in [0.717, 1.165) is 57.0 Å². The molecule has 0 bridgehead atoms. The number of aromatic nitrogens is 1. The zero-order valence-electron chi connectivity index (χ0n) is 22.3. The maximum Gasteiger partial charge on any atom is 0.273 e. The van der Waals surface area contributed by atoms with E-state index >= 15 is 0 Å². The fraction of sp³-hybridized carbons (Fsp3) is 0.333. The molecule has 0 atom stereocenters. The van der Waals surface area contributed by atoms with E-state index in [0.29, 0.717) is 11.6 Å². The first-order valence-corrected chi connectivity index (χ1v) is 14.6. The van der Waals surface area contributed by atoms with Crippen molar-refractivity contribution in [2.75, 3.05) is 19.6 Å². The molecule has 3 aromatic carbocycles. The number of piperidine rings is 1. The molecule has 2 heterocycles. The lowest BCUT2D eigenvalue weighted by molar-refractivity contribution is 0.0718. The van der Waals surface area contributed by atoms with Crippen LogP contribution in [0.5, 0.6) is 0 Å². The summed E-state index contributed by atoms with van der Waals surface area (Å²) in [4.78, 5) is 22.3. The zero-order chi connectivity index (χ0) is 26.2. The van der Waals surface area contributed by atoms with Crippen LogP contribution in [0.2, 0.25) is 0 Å². The van der Waals surface area contributed by atoms with Gasteiger partial charge >= 0.3 is 0 Å². The molecule has 0 spiro atoms. The topological polar surface area (TPSA) is 36.4 Å². The number of benzene rings is 3. The normalized spacial score (nSPS) is 13.8. The van der Waals surface area contributed by atoms with Crippen molar-refractivity contribution in [1.82, 2.24) is 14.8 Å². The molecule has 1 aliphatic heterocycles. The van der Waals surface area contributed by atoms with Gasteiger partial charge in [0.15, 0.2) is 0 Å². The highest BCUT2D eigenvalue weighted by Gasteiger charge is 2.22. The Hall–Kier alpha value is -3.28. The van der Waals surface area contributed by atoms with Crippen molar-refractivity contribution in [3.63, 3.8) is 0 Å². The summed E-state index contributed by atoms with van der Waals surface area (Å²) in [5.41, 5.74) is 5.87. The van der Waals surface area contributed by atoms with E-state index in [2.05, 4.69) is 96.8 Å². The molecule has 0 saturated carbocycles. The van der Waals surface area contributed by atoms with E-state index in [4.69, 9.17) is 4.98 Å². The highest BCUT2D eigenvalue weighted by atomic mass is 32.1. The Labute approximate surface area is 231 Å². The van der Waals surface area contributed by atoms with Gasteiger partial charge in [-0.1, -0.05) is 90.5 Å². The summed E-state index contributed by atoms with van der Waals surface area (Å²) < 4.78 is 0. The first-order valence-electron chi connectivity index (χ1n) is 13.8. The number of hydrogen-bond donors (Lipinski definition) is 0. The number of thiazole rings is 1. The summed E-state index contributed by atoms with van der Waals surface area (Å²) in [5, 5.41) is 2.96. The van der Waals surface area contributed by atoms with Crippen LogP contribution < -0.4 is 0 Å². The van der Waals surface area contributed by atoms with Gasteiger partial charge in [0.25, 0.3) is 5.91 Å². The Kier molecular flexibility index (Phi) is 9.00. The Bertz CT molecular complexity index is 1240. The minimum Gasteiger partial charge on any atom is -0.337 e. The maximum absolute atomic E-state index is 13.0. The van der Waals surface area contributed by atoms with Crippen LogP contribution in [0, 0.1) is 6.92 Å². The first kappa shape index (κ1) is 26.3. The molecule has 1 aromatic heterocycles. The lowest BCUT2D eigenvalue weighted by Crippen LogP contribution is -2.35. The zero-order valence-corrected chi connectivity index (χ0v) is 23.1. The molecule has 0 unspecified atom stereocenters. The van der Waals surface area contributed by atoms with Gasteiger partial charge in [-0.3, -0.25) is 9.69 Å². The molecule has 4 nitrogen and oxygen atoms in total. The van der Waals surface area contributed by atoms with Crippen LogP contribution in [-0.2, 0) is 13.1 Å². The predicted molar refractivity (Wildman–Crippen MR) is 157 cm³/mol. The van der Waals surface area contributed by atoms with E-state index in [-0.39, 0.29) is 5.91 Å². The summed E-state index contributed by atoms with van der Waals surface area (Å²) in [5.74, 6) is 0.413. The Balaban J connectivity index is 1.33. The number of amides is 1. The minimum absolute atomic E-state index is 0.0884. The molecule has 38 heavy (non-hydrogen) atoms. The SMILES string of the molecule is Cc1ccc(CN(CCC(c2ccccc2)c2ccccc2)Cc2nc(C(=O)N3CCCCC3)cs2)cc1. The van der Waals surface area contributed by atoms with Crippen LogP contribution in [0.4, 0.5) is 0 Å². The summed E-state index contributed by atoms with van der Waals surface area (Å²) in [6.45, 7) is 6.35. The molecule has 1 fully saturated rings. The second-order valence-electron chi connectivity index (χ2n) is 10.3. The van der Waals surface area contributed by atoms with Gasteiger partial charge in [0.05, 0.1) is 6.54 Å². The molecule has 1 aliphatic rings. The molecule has 0 N–H and O–H groups in total. The number of carbonyl (C=O) groups is 1. The molecular weight excluding hydrogens is 486 g/mol. The van der Waals surface area contributed by atoms with Gasteiger partial charge < -0.3 is 4.90 Å². The highest BCUT2D eigenvalue weighted by Crippen LogP contribution is 2.29. The van der Waals surface area contributed by atoms with Crippen LogP contribution in [-0.4, -0.2) is 40.3 Å². The molecule has 5 rings (SSSR count). The standard InChI is InChI=1S/C33H37N3OS/c1-26-15-17-27(18-16-26)23-35(24-32-34-31(25-38-32)33(37)36-20-9-4-10-21-36)22-19-30(28-11-5-2-6-12-28)29-13-7-3-8-14-29/h2-3,5-8,11-18,25,30H,4,9-10,19-24H2,1H3. The van der Waals surface area contributed by atoms with Gasteiger partial charge in [0, 0.05) is 30.9 Å². The van der Waals surface area contributed by atoms with Crippen LogP contribution in [0.15, 0.2) is 90.3 Å². The number of nitrogens with zero attached hydrogens (tertiary/aromatic N) is 3. The van der Waals surface area contributed by atoms with E-state index < -0.39 is 0 Å². The lowest BCUT2D eigenvalue weighted by Gasteiger charge is -2.26. The van der Waals surface area contributed by atoms with Gasteiger partial charge in [0.1, 0.15) is 10.7 Å². The van der Waals surface area contributed by atoms with E-state index in [1.54, 1.807) is 11.3 Å². The van der Waals surface area contributed by atoms with Crippen molar-refractivity contribution in [2.24, 2.45) is 0 Å². The van der Waals surface area contributed by atoms with Crippen molar-refractivity contribution < 1.29 is 4.79 Å². The Morgan fingerprint density at radius 1 is 0.868 bits per heavy atom. The number of likely N-dealkylation sites (tertiary alicyclic amines) is 1. The second-order valence-corrected chi connectivity index (χ2v) is 11.3. The van der Waals surface area contributed by atoms with Crippen molar-refractivity contribution in [3.05, 3.63) is 123 Å². The van der Waals surface area contributed by atoms with Crippen LogP contribution in [0.25, 0.3) is 0 Å². The third-order valence-electron chi connectivity index (χ3n) is 7.44. The molecule has 1 amide bonds. The fourth-order valence-electron chi connectivity index (χ4n) is 5.31.